The van der Waals surface area contributed by atoms with Crippen molar-refractivity contribution in [3.63, 3.8) is 0 Å². The molecule has 0 aliphatic carbocycles. The molecule has 0 bridgehead atoms. The number of rotatable bonds is 4. The SMILES string of the molecule is CCCc1nn(C)c2c1NC(=O)C(CCC)CN2. The van der Waals surface area contributed by atoms with Crippen LogP contribution in [0.25, 0.3) is 0 Å². The molecule has 1 atom stereocenters. The molecule has 0 saturated heterocycles. The fourth-order valence-electron chi connectivity index (χ4n) is 2.44. The number of carbonyl (C=O) groups is 1. The van der Waals surface area contributed by atoms with Gasteiger partial charge in [0.2, 0.25) is 5.91 Å². The lowest BCUT2D eigenvalue weighted by Gasteiger charge is -2.12. The molecule has 0 saturated carbocycles. The van der Waals surface area contributed by atoms with Crippen LogP contribution in [0.15, 0.2) is 0 Å². The summed E-state index contributed by atoms with van der Waals surface area (Å²) in [4.78, 5) is 12.1. The van der Waals surface area contributed by atoms with Gasteiger partial charge in [0.1, 0.15) is 11.5 Å². The van der Waals surface area contributed by atoms with Gasteiger partial charge >= 0.3 is 0 Å². The van der Waals surface area contributed by atoms with Crippen molar-refractivity contribution in [2.75, 3.05) is 17.2 Å². The number of amides is 1. The standard InChI is InChI=1S/C13H22N4O/c1-4-6-9-8-14-12-11(15-13(9)18)10(7-5-2)16-17(12)3/h9,14H,4-8H2,1-3H3,(H,15,18). The molecule has 0 aromatic carbocycles. The van der Waals surface area contributed by atoms with Gasteiger partial charge in [-0.2, -0.15) is 5.10 Å². The van der Waals surface area contributed by atoms with Crippen molar-refractivity contribution < 1.29 is 4.79 Å². The third kappa shape index (κ3) is 2.35. The zero-order valence-corrected chi connectivity index (χ0v) is 11.4. The Bertz CT molecular complexity index is 438. The van der Waals surface area contributed by atoms with Gasteiger partial charge in [0.05, 0.1) is 11.6 Å². The van der Waals surface area contributed by atoms with Crippen molar-refractivity contribution in [3.05, 3.63) is 5.69 Å². The van der Waals surface area contributed by atoms with E-state index in [4.69, 9.17) is 0 Å². The van der Waals surface area contributed by atoms with E-state index in [-0.39, 0.29) is 11.8 Å². The average molecular weight is 250 g/mol. The number of anilines is 2. The van der Waals surface area contributed by atoms with Gasteiger partial charge < -0.3 is 10.6 Å². The molecule has 0 fully saturated rings. The van der Waals surface area contributed by atoms with E-state index in [1.807, 2.05) is 11.7 Å². The summed E-state index contributed by atoms with van der Waals surface area (Å²) in [6.07, 6.45) is 3.86. The third-order valence-electron chi connectivity index (χ3n) is 3.38. The van der Waals surface area contributed by atoms with Gasteiger partial charge in [-0.05, 0) is 12.8 Å². The lowest BCUT2D eigenvalue weighted by Crippen LogP contribution is -2.26. The van der Waals surface area contributed by atoms with Crippen molar-refractivity contribution in [1.29, 1.82) is 0 Å². The summed E-state index contributed by atoms with van der Waals surface area (Å²) in [6, 6.07) is 0. The van der Waals surface area contributed by atoms with E-state index in [1.54, 1.807) is 0 Å². The van der Waals surface area contributed by atoms with Crippen LogP contribution in [0.2, 0.25) is 0 Å². The van der Waals surface area contributed by atoms with Crippen molar-refractivity contribution in [2.45, 2.75) is 39.5 Å². The van der Waals surface area contributed by atoms with Gasteiger partial charge in [0.25, 0.3) is 0 Å². The summed E-state index contributed by atoms with van der Waals surface area (Å²) in [5, 5.41) is 10.9. The molecule has 1 aromatic heterocycles. The van der Waals surface area contributed by atoms with E-state index in [2.05, 4.69) is 29.6 Å². The van der Waals surface area contributed by atoms with Crippen LogP contribution < -0.4 is 10.6 Å². The van der Waals surface area contributed by atoms with Crippen molar-refractivity contribution >= 4 is 17.4 Å². The van der Waals surface area contributed by atoms with E-state index in [1.165, 1.54) is 0 Å². The molecule has 1 amide bonds. The molecule has 0 radical (unpaired) electrons. The number of aryl methyl sites for hydroxylation is 2. The first-order valence-corrected chi connectivity index (χ1v) is 6.78. The number of nitrogens with zero attached hydrogens (tertiary/aromatic N) is 2. The highest BCUT2D eigenvalue weighted by molar-refractivity contribution is 5.97. The summed E-state index contributed by atoms with van der Waals surface area (Å²) in [5.41, 5.74) is 1.86. The van der Waals surface area contributed by atoms with Crippen molar-refractivity contribution in [1.82, 2.24) is 9.78 Å². The molecule has 2 N–H and O–H groups in total. The lowest BCUT2D eigenvalue weighted by atomic mass is 10.0. The maximum Gasteiger partial charge on any atom is 0.229 e. The third-order valence-corrected chi connectivity index (χ3v) is 3.38. The number of aromatic nitrogens is 2. The molecule has 1 aromatic rings. The Hall–Kier alpha value is -1.52. The quantitative estimate of drug-likeness (QED) is 0.861. The number of hydrogen-bond acceptors (Lipinski definition) is 3. The normalized spacial score (nSPS) is 18.8. The molecular formula is C13H22N4O. The van der Waals surface area contributed by atoms with Gasteiger partial charge in [0.15, 0.2) is 0 Å². The summed E-state index contributed by atoms with van der Waals surface area (Å²) in [5.74, 6) is 1.11. The first-order valence-electron chi connectivity index (χ1n) is 6.78. The van der Waals surface area contributed by atoms with Crippen LogP contribution in [0.5, 0.6) is 0 Å². The van der Waals surface area contributed by atoms with Crippen LogP contribution in [0.1, 0.15) is 38.8 Å². The number of nitrogens with one attached hydrogen (secondary N) is 2. The molecule has 2 heterocycles. The maximum atomic E-state index is 12.1. The van der Waals surface area contributed by atoms with E-state index in [0.717, 1.165) is 42.9 Å². The van der Waals surface area contributed by atoms with Crippen LogP contribution in [-0.4, -0.2) is 22.2 Å². The Labute approximate surface area is 108 Å². The predicted molar refractivity (Wildman–Crippen MR) is 72.7 cm³/mol. The molecule has 18 heavy (non-hydrogen) atoms. The Morgan fingerprint density at radius 3 is 2.83 bits per heavy atom. The number of fused-ring (bicyclic) bond motifs is 1. The second kappa shape index (κ2) is 5.42. The second-order valence-corrected chi connectivity index (χ2v) is 4.90. The second-order valence-electron chi connectivity index (χ2n) is 4.90. The monoisotopic (exact) mass is 250 g/mol. The first kappa shape index (κ1) is 12.9. The van der Waals surface area contributed by atoms with Crippen LogP contribution in [0, 0.1) is 5.92 Å². The summed E-state index contributed by atoms with van der Waals surface area (Å²) in [6.45, 7) is 4.92. The van der Waals surface area contributed by atoms with Crippen LogP contribution in [0.3, 0.4) is 0 Å². The molecule has 1 unspecified atom stereocenters. The number of hydrogen-bond donors (Lipinski definition) is 2. The zero-order chi connectivity index (χ0) is 13.1. The highest BCUT2D eigenvalue weighted by atomic mass is 16.2. The average Bonchev–Trinajstić information content (AvgIpc) is 2.52. The minimum atomic E-state index is 0.0527. The topological polar surface area (TPSA) is 59.0 Å². The Morgan fingerprint density at radius 2 is 2.17 bits per heavy atom. The molecule has 1 aliphatic rings. The summed E-state index contributed by atoms with van der Waals surface area (Å²) in [7, 11) is 1.91. The Morgan fingerprint density at radius 1 is 1.39 bits per heavy atom. The fourth-order valence-corrected chi connectivity index (χ4v) is 2.44. The zero-order valence-electron chi connectivity index (χ0n) is 11.4. The summed E-state index contributed by atoms with van der Waals surface area (Å²) < 4.78 is 1.83. The molecule has 1 aliphatic heterocycles. The van der Waals surface area contributed by atoms with Gasteiger partial charge in [0, 0.05) is 13.6 Å². The minimum absolute atomic E-state index is 0.0527. The van der Waals surface area contributed by atoms with Crippen molar-refractivity contribution in [3.8, 4) is 0 Å². The highest BCUT2D eigenvalue weighted by Crippen LogP contribution is 2.30. The number of carbonyl (C=O) groups excluding carboxylic acids is 1. The van der Waals surface area contributed by atoms with E-state index in [9.17, 15) is 4.79 Å². The molecular weight excluding hydrogens is 228 g/mol. The largest absolute Gasteiger partial charge is 0.368 e. The van der Waals surface area contributed by atoms with Crippen LogP contribution in [0.4, 0.5) is 11.5 Å². The predicted octanol–water partition coefficient (Wildman–Crippen LogP) is 2.15. The molecule has 5 nitrogen and oxygen atoms in total. The fraction of sp³-hybridized carbons (Fsp3) is 0.692. The van der Waals surface area contributed by atoms with Gasteiger partial charge in [-0.15, -0.1) is 0 Å². The van der Waals surface area contributed by atoms with Gasteiger partial charge in [-0.3, -0.25) is 9.48 Å². The van der Waals surface area contributed by atoms with Crippen LogP contribution >= 0.6 is 0 Å². The van der Waals surface area contributed by atoms with E-state index in [0.29, 0.717) is 6.54 Å². The Balaban J connectivity index is 2.27. The smallest absolute Gasteiger partial charge is 0.229 e. The molecule has 2 rings (SSSR count). The van der Waals surface area contributed by atoms with Gasteiger partial charge in [-0.1, -0.05) is 26.7 Å². The van der Waals surface area contributed by atoms with Crippen molar-refractivity contribution in [2.24, 2.45) is 13.0 Å². The Kier molecular flexibility index (Phi) is 3.89. The lowest BCUT2D eigenvalue weighted by molar-refractivity contribution is -0.119. The molecule has 100 valence electrons. The molecule has 5 heteroatoms. The van der Waals surface area contributed by atoms with Crippen LogP contribution in [-0.2, 0) is 18.3 Å². The van der Waals surface area contributed by atoms with Gasteiger partial charge in [-0.25, -0.2) is 0 Å². The first-order chi connectivity index (χ1) is 8.67. The highest BCUT2D eigenvalue weighted by Gasteiger charge is 2.26. The minimum Gasteiger partial charge on any atom is -0.368 e. The maximum absolute atomic E-state index is 12.1. The molecule has 0 spiro atoms. The summed E-state index contributed by atoms with van der Waals surface area (Å²) >= 11 is 0. The van der Waals surface area contributed by atoms with E-state index >= 15 is 0 Å². The van der Waals surface area contributed by atoms with E-state index < -0.39 is 0 Å².